The molecule has 2 aromatic heterocycles. The highest BCUT2D eigenvalue weighted by atomic mass is 32.1. The van der Waals surface area contributed by atoms with Crippen LogP contribution < -0.4 is 4.90 Å². The molecular formula is C40H25NOS. The second-order valence-corrected chi connectivity index (χ2v) is 12.0. The first-order chi connectivity index (χ1) is 21.3. The fraction of sp³-hybridized carbons (Fsp3) is 0. The summed E-state index contributed by atoms with van der Waals surface area (Å²) in [7, 11) is 0. The molecule has 0 saturated heterocycles. The predicted molar refractivity (Wildman–Crippen MR) is 184 cm³/mol. The minimum atomic E-state index is 0.921. The first kappa shape index (κ1) is 24.2. The van der Waals surface area contributed by atoms with Crippen LogP contribution in [-0.4, -0.2) is 0 Å². The SMILES string of the molecule is c1ccc(-c2ccc(N(c3ccc4c(ccc5oc6ccccc6c54)c3)c3cccc4sc5ccccc5c34)cc2)cc1. The van der Waals surface area contributed by atoms with Crippen LogP contribution in [0.2, 0.25) is 0 Å². The van der Waals surface area contributed by atoms with Gasteiger partial charge in [-0.05, 0) is 76.5 Å². The lowest BCUT2D eigenvalue weighted by atomic mass is 10.0. The number of hydrogen-bond donors (Lipinski definition) is 0. The molecule has 7 aromatic carbocycles. The van der Waals surface area contributed by atoms with Crippen molar-refractivity contribution in [2.45, 2.75) is 0 Å². The van der Waals surface area contributed by atoms with Gasteiger partial charge in [-0.15, -0.1) is 11.3 Å². The number of rotatable bonds is 4. The predicted octanol–water partition coefficient (Wildman–Crippen LogP) is 12.2. The lowest BCUT2D eigenvalue weighted by molar-refractivity contribution is 0.669. The summed E-state index contributed by atoms with van der Waals surface area (Å²) in [5.41, 5.74) is 7.68. The molecule has 0 fully saturated rings. The minimum absolute atomic E-state index is 0.921. The molecule has 0 bridgehead atoms. The van der Waals surface area contributed by atoms with E-state index in [0.717, 1.165) is 27.9 Å². The zero-order chi connectivity index (χ0) is 28.3. The fourth-order valence-corrected chi connectivity index (χ4v) is 7.61. The molecule has 9 aromatic rings. The summed E-state index contributed by atoms with van der Waals surface area (Å²) in [6.45, 7) is 0. The molecule has 43 heavy (non-hydrogen) atoms. The van der Waals surface area contributed by atoms with Crippen LogP contribution in [0.15, 0.2) is 156 Å². The molecule has 0 amide bonds. The van der Waals surface area contributed by atoms with Gasteiger partial charge in [0.05, 0.1) is 5.69 Å². The van der Waals surface area contributed by atoms with Gasteiger partial charge in [0.2, 0.25) is 0 Å². The molecule has 0 unspecified atom stereocenters. The van der Waals surface area contributed by atoms with Crippen LogP contribution in [0.5, 0.6) is 0 Å². The maximum atomic E-state index is 6.20. The Bertz CT molecular complexity index is 2450. The largest absolute Gasteiger partial charge is 0.456 e. The van der Waals surface area contributed by atoms with Crippen LogP contribution in [-0.2, 0) is 0 Å². The van der Waals surface area contributed by atoms with Crippen LogP contribution in [0, 0.1) is 0 Å². The Kier molecular flexibility index (Phi) is 5.40. The number of nitrogens with zero attached hydrogens (tertiary/aromatic N) is 1. The summed E-state index contributed by atoms with van der Waals surface area (Å²) in [5.74, 6) is 0. The van der Waals surface area contributed by atoms with Gasteiger partial charge in [0.15, 0.2) is 0 Å². The number of furan rings is 1. The second kappa shape index (κ2) is 9.59. The number of fused-ring (bicyclic) bond motifs is 8. The van der Waals surface area contributed by atoms with E-state index < -0.39 is 0 Å². The van der Waals surface area contributed by atoms with Gasteiger partial charge in [-0.3, -0.25) is 0 Å². The van der Waals surface area contributed by atoms with E-state index in [1.54, 1.807) is 0 Å². The summed E-state index contributed by atoms with van der Waals surface area (Å²) >= 11 is 1.85. The lowest BCUT2D eigenvalue weighted by Crippen LogP contribution is -2.10. The molecule has 2 nitrogen and oxygen atoms in total. The average molecular weight is 568 g/mol. The Morgan fingerprint density at radius 3 is 2.05 bits per heavy atom. The first-order valence-electron chi connectivity index (χ1n) is 14.5. The van der Waals surface area contributed by atoms with E-state index in [-0.39, 0.29) is 0 Å². The van der Waals surface area contributed by atoms with Gasteiger partial charge >= 0.3 is 0 Å². The van der Waals surface area contributed by atoms with Crippen LogP contribution in [0.25, 0.3) is 64.0 Å². The number of hydrogen-bond acceptors (Lipinski definition) is 3. The van der Waals surface area contributed by atoms with E-state index in [1.165, 1.54) is 53.1 Å². The van der Waals surface area contributed by atoms with Crippen molar-refractivity contribution in [3.63, 3.8) is 0 Å². The third-order valence-corrected chi connectivity index (χ3v) is 9.59. The summed E-state index contributed by atoms with van der Waals surface area (Å²) in [6.07, 6.45) is 0. The van der Waals surface area contributed by atoms with Crippen LogP contribution in [0.4, 0.5) is 17.1 Å². The minimum Gasteiger partial charge on any atom is -0.456 e. The molecule has 0 saturated carbocycles. The van der Waals surface area contributed by atoms with Gasteiger partial charge in [0, 0.05) is 42.3 Å². The number of anilines is 3. The van der Waals surface area contributed by atoms with Crippen LogP contribution in [0.1, 0.15) is 0 Å². The standard InChI is InChI=1S/C40H25NOS/c1-2-9-26(10-3-1)27-17-20-29(21-18-27)41(34-13-8-16-38-40(34)33-12-5-7-15-37(33)43-38)30-22-23-31-28(25-30)19-24-36-39(31)32-11-4-6-14-35(32)42-36/h1-25H. The molecule has 0 aliphatic rings. The van der Waals surface area contributed by atoms with E-state index in [1.807, 2.05) is 23.5 Å². The van der Waals surface area contributed by atoms with Crippen molar-refractivity contribution in [2.75, 3.05) is 4.90 Å². The molecule has 9 rings (SSSR count). The molecule has 0 aliphatic carbocycles. The van der Waals surface area contributed by atoms with Crippen molar-refractivity contribution in [3.8, 4) is 11.1 Å². The van der Waals surface area contributed by atoms with E-state index in [0.29, 0.717) is 0 Å². The molecule has 202 valence electrons. The smallest absolute Gasteiger partial charge is 0.136 e. The van der Waals surface area contributed by atoms with Crippen molar-refractivity contribution >= 4 is 81.3 Å². The summed E-state index contributed by atoms with van der Waals surface area (Å²) < 4.78 is 8.79. The van der Waals surface area contributed by atoms with Gasteiger partial charge in [0.1, 0.15) is 11.2 Å². The zero-order valence-electron chi connectivity index (χ0n) is 23.2. The number of benzene rings is 7. The van der Waals surface area contributed by atoms with E-state index in [9.17, 15) is 0 Å². The Morgan fingerprint density at radius 2 is 1.16 bits per heavy atom. The van der Waals surface area contributed by atoms with Crippen molar-refractivity contribution in [1.29, 1.82) is 0 Å². The Morgan fingerprint density at radius 1 is 0.442 bits per heavy atom. The summed E-state index contributed by atoms with van der Waals surface area (Å²) in [5, 5.41) is 7.28. The first-order valence-corrected chi connectivity index (χ1v) is 15.3. The lowest BCUT2D eigenvalue weighted by Gasteiger charge is -2.27. The number of thiophene rings is 1. The van der Waals surface area contributed by atoms with Crippen molar-refractivity contribution < 1.29 is 4.42 Å². The summed E-state index contributed by atoms with van der Waals surface area (Å²) in [6, 6.07) is 54.3. The Labute approximate surface area is 252 Å². The third kappa shape index (κ3) is 3.86. The molecule has 2 heterocycles. The summed E-state index contributed by atoms with van der Waals surface area (Å²) in [4.78, 5) is 2.41. The topological polar surface area (TPSA) is 16.4 Å². The molecule has 0 aliphatic heterocycles. The van der Waals surface area contributed by atoms with E-state index in [2.05, 4.69) is 144 Å². The van der Waals surface area contributed by atoms with Crippen molar-refractivity contribution in [3.05, 3.63) is 152 Å². The second-order valence-electron chi connectivity index (χ2n) is 10.9. The molecular weight excluding hydrogens is 543 g/mol. The Balaban J connectivity index is 1.28. The van der Waals surface area contributed by atoms with Crippen LogP contribution in [0.3, 0.4) is 0 Å². The maximum absolute atomic E-state index is 6.20. The highest BCUT2D eigenvalue weighted by Gasteiger charge is 2.19. The van der Waals surface area contributed by atoms with Gasteiger partial charge < -0.3 is 9.32 Å². The monoisotopic (exact) mass is 567 g/mol. The quantitative estimate of drug-likeness (QED) is 0.210. The van der Waals surface area contributed by atoms with Gasteiger partial charge in [-0.25, -0.2) is 0 Å². The molecule has 0 spiro atoms. The highest BCUT2D eigenvalue weighted by Crippen LogP contribution is 2.46. The van der Waals surface area contributed by atoms with Gasteiger partial charge in [-0.1, -0.05) is 97.1 Å². The van der Waals surface area contributed by atoms with E-state index >= 15 is 0 Å². The molecule has 0 atom stereocenters. The van der Waals surface area contributed by atoms with Crippen molar-refractivity contribution in [1.82, 2.24) is 0 Å². The van der Waals surface area contributed by atoms with Crippen molar-refractivity contribution in [2.24, 2.45) is 0 Å². The molecule has 3 heteroatoms. The van der Waals surface area contributed by atoms with Gasteiger partial charge in [0.25, 0.3) is 0 Å². The average Bonchev–Trinajstić information content (AvgIpc) is 3.65. The third-order valence-electron chi connectivity index (χ3n) is 8.45. The zero-order valence-corrected chi connectivity index (χ0v) is 24.0. The number of para-hydroxylation sites is 1. The normalized spacial score (nSPS) is 11.7. The fourth-order valence-electron chi connectivity index (χ4n) is 6.48. The van der Waals surface area contributed by atoms with Crippen LogP contribution >= 0.6 is 11.3 Å². The Hall–Kier alpha value is -5.38. The molecule has 0 N–H and O–H groups in total. The molecule has 0 radical (unpaired) electrons. The maximum Gasteiger partial charge on any atom is 0.136 e. The highest BCUT2D eigenvalue weighted by molar-refractivity contribution is 7.26. The van der Waals surface area contributed by atoms with Gasteiger partial charge in [-0.2, -0.15) is 0 Å². The van der Waals surface area contributed by atoms with E-state index in [4.69, 9.17) is 4.42 Å².